The van der Waals surface area contributed by atoms with Crippen LogP contribution in [0.1, 0.15) is 17.3 Å². The average Bonchev–Trinajstić information content (AvgIpc) is 2.35. The van der Waals surface area contributed by atoms with Gasteiger partial charge in [-0.25, -0.2) is 4.39 Å². The van der Waals surface area contributed by atoms with Crippen LogP contribution in [0.3, 0.4) is 0 Å². The molecule has 1 amide bonds. The molecule has 1 N–H and O–H groups in total. The molecule has 104 valence electrons. The van der Waals surface area contributed by atoms with Gasteiger partial charge >= 0.3 is 5.69 Å². The lowest BCUT2D eigenvalue weighted by atomic mass is 10.1. The van der Waals surface area contributed by atoms with E-state index in [9.17, 15) is 23.7 Å². The van der Waals surface area contributed by atoms with E-state index in [0.29, 0.717) is 12.1 Å². The standard InChI is InChI=1S/C11H12F2N2O4/c1-6(5-16)14(2)11(17)7-3-10(15(18)19)9(13)4-8(7)12/h3-4,6,16H,5H2,1-2H3. The minimum Gasteiger partial charge on any atom is -0.394 e. The Balaban J connectivity index is 3.23. The van der Waals surface area contributed by atoms with E-state index < -0.39 is 39.8 Å². The van der Waals surface area contributed by atoms with Crippen molar-refractivity contribution in [3.63, 3.8) is 0 Å². The molecule has 8 heteroatoms. The molecule has 1 rings (SSSR count). The van der Waals surface area contributed by atoms with E-state index in [0.717, 1.165) is 4.90 Å². The van der Waals surface area contributed by atoms with Gasteiger partial charge in [0.2, 0.25) is 5.82 Å². The Morgan fingerprint density at radius 1 is 1.47 bits per heavy atom. The van der Waals surface area contributed by atoms with Gasteiger partial charge < -0.3 is 10.0 Å². The molecule has 0 radical (unpaired) electrons. The van der Waals surface area contributed by atoms with E-state index in [1.165, 1.54) is 14.0 Å². The second-order valence-corrected chi connectivity index (χ2v) is 3.99. The lowest BCUT2D eigenvalue weighted by molar-refractivity contribution is -0.387. The topological polar surface area (TPSA) is 83.7 Å². The summed E-state index contributed by atoms with van der Waals surface area (Å²) in [7, 11) is 1.30. The quantitative estimate of drug-likeness (QED) is 0.663. The maximum absolute atomic E-state index is 13.5. The molecule has 0 fully saturated rings. The van der Waals surface area contributed by atoms with E-state index in [4.69, 9.17) is 5.11 Å². The Kier molecular flexibility index (Phi) is 4.49. The number of rotatable bonds is 4. The summed E-state index contributed by atoms with van der Waals surface area (Å²) in [6.45, 7) is 1.15. The van der Waals surface area contributed by atoms with Crippen LogP contribution in [0.5, 0.6) is 0 Å². The Morgan fingerprint density at radius 3 is 2.53 bits per heavy atom. The largest absolute Gasteiger partial charge is 0.394 e. The second kappa shape index (κ2) is 5.70. The van der Waals surface area contributed by atoms with E-state index >= 15 is 0 Å². The number of likely N-dealkylation sites (N-methyl/N-ethyl adjacent to an activating group) is 1. The lowest BCUT2D eigenvalue weighted by Crippen LogP contribution is -2.37. The van der Waals surface area contributed by atoms with Crippen molar-refractivity contribution < 1.29 is 23.6 Å². The van der Waals surface area contributed by atoms with Crippen molar-refractivity contribution in [3.8, 4) is 0 Å². The number of hydrogen-bond donors (Lipinski definition) is 1. The molecule has 1 aromatic rings. The lowest BCUT2D eigenvalue weighted by Gasteiger charge is -2.23. The maximum atomic E-state index is 13.5. The van der Waals surface area contributed by atoms with Gasteiger partial charge in [-0.2, -0.15) is 4.39 Å². The molecule has 0 aliphatic rings. The summed E-state index contributed by atoms with van der Waals surface area (Å²) < 4.78 is 26.6. The number of carbonyl (C=O) groups excluding carboxylic acids is 1. The van der Waals surface area contributed by atoms with Crippen molar-refractivity contribution in [2.24, 2.45) is 0 Å². The first-order chi connectivity index (χ1) is 8.79. The number of halogens is 2. The SMILES string of the molecule is CC(CO)N(C)C(=O)c1cc([N+](=O)[O-])c(F)cc1F. The molecule has 1 atom stereocenters. The fourth-order valence-corrected chi connectivity index (χ4v) is 1.35. The molecule has 6 nitrogen and oxygen atoms in total. The molecule has 19 heavy (non-hydrogen) atoms. The van der Waals surface area contributed by atoms with Crippen molar-refractivity contribution in [3.05, 3.63) is 39.4 Å². The highest BCUT2D eigenvalue weighted by molar-refractivity contribution is 5.95. The fourth-order valence-electron chi connectivity index (χ4n) is 1.35. The molecule has 0 aliphatic carbocycles. The zero-order chi connectivity index (χ0) is 14.7. The highest BCUT2D eigenvalue weighted by Gasteiger charge is 2.25. The molecular weight excluding hydrogens is 262 g/mol. The third-order valence-electron chi connectivity index (χ3n) is 2.71. The minimum absolute atomic E-state index is 0.294. The Labute approximate surface area is 107 Å². The number of hydrogen-bond acceptors (Lipinski definition) is 4. The number of aliphatic hydroxyl groups is 1. The molecule has 1 unspecified atom stereocenters. The molecule has 0 spiro atoms. The first-order valence-electron chi connectivity index (χ1n) is 5.31. The van der Waals surface area contributed by atoms with Crippen LogP contribution in [-0.2, 0) is 0 Å². The number of nitrogens with zero attached hydrogens (tertiary/aromatic N) is 2. The van der Waals surface area contributed by atoms with Crippen LogP contribution >= 0.6 is 0 Å². The summed E-state index contributed by atoms with van der Waals surface area (Å²) in [5.74, 6) is -3.41. The Morgan fingerprint density at radius 2 is 2.05 bits per heavy atom. The molecule has 0 heterocycles. The van der Waals surface area contributed by atoms with Gasteiger partial charge in [-0.3, -0.25) is 14.9 Å². The van der Waals surface area contributed by atoms with E-state index in [1.807, 2.05) is 0 Å². The van der Waals surface area contributed by atoms with Gasteiger partial charge in [0.15, 0.2) is 0 Å². The van der Waals surface area contributed by atoms with Crippen LogP contribution in [0.4, 0.5) is 14.5 Å². The monoisotopic (exact) mass is 274 g/mol. The van der Waals surface area contributed by atoms with Gasteiger partial charge in [0, 0.05) is 19.2 Å². The van der Waals surface area contributed by atoms with Crippen molar-refractivity contribution in [1.82, 2.24) is 4.90 Å². The Hall–Kier alpha value is -2.09. The van der Waals surface area contributed by atoms with Crippen LogP contribution in [0.15, 0.2) is 12.1 Å². The van der Waals surface area contributed by atoms with Gasteiger partial charge in [0.05, 0.1) is 23.1 Å². The minimum atomic E-state index is -1.35. The van der Waals surface area contributed by atoms with Crippen molar-refractivity contribution in [2.45, 2.75) is 13.0 Å². The van der Waals surface area contributed by atoms with Crippen LogP contribution in [-0.4, -0.2) is 40.5 Å². The zero-order valence-electron chi connectivity index (χ0n) is 10.3. The van der Waals surface area contributed by atoms with Gasteiger partial charge in [-0.1, -0.05) is 0 Å². The first kappa shape index (κ1) is 15.0. The number of aliphatic hydroxyl groups excluding tert-OH is 1. The molecule has 0 bridgehead atoms. The van der Waals surface area contributed by atoms with Crippen molar-refractivity contribution in [1.29, 1.82) is 0 Å². The second-order valence-electron chi connectivity index (χ2n) is 3.99. The summed E-state index contributed by atoms with van der Waals surface area (Å²) in [4.78, 5) is 22.4. The first-order valence-corrected chi connectivity index (χ1v) is 5.31. The predicted molar refractivity (Wildman–Crippen MR) is 61.7 cm³/mol. The summed E-state index contributed by atoms with van der Waals surface area (Å²) in [6, 6.07) is 0.243. The molecule has 0 aromatic heterocycles. The third-order valence-corrected chi connectivity index (χ3v) is 2.71. The van der Waals surface area contributed by atoms with Gasteiger partial charge in [0.25, 0.3) is 5.91 Å². The van der Waals surface area contributed by atoms with E-state index in [1.54, 1.807) is 0 Å². The molecular formula is C11H12F2N2O4. The zero-order valence-corrected chi connectivity index (χ0v) is 10.3. The van der Waals surface area contributed by atoms with Gasteiger partial charge in [-0.15, -0.1) is 0 Å². The summed E-state index contributed by atoms with van der Waals surface area (Å²) in [5.41, 5.74) is -1.59. The number of amides is 1. The van der Waals surface area contributed by atoms with E-state index in [2.05, 4.69) is 0 Å². The third kappa shape index (κ3) is 3.02. The maximum Gasteiger partial charge on any atom is 0.305 e. The number of nitro groups is 1. The van der Waals surface area contributed by atoms with Crippen molar-refractivity contribution in [2.75, 3.05) is 13.7 Å². The molecule has 0 saturated carbocycles. The summed E-state index contributed by atoms with van der Waals surface area (Å²) >= 11 is 0. The summed E-state index contributed by atoms with van der Waals surface area (Å²) in [6.07, 6.45) is 0. The van der Waals surface area contributed by atoms with Crippen LogP contribution in [0.2, 0.25) is 0 Å². The summed E-state index contributed by atoms with van der Waals surface area (Å²) in [5, 5.41) is 19.4. The van der Waals surface area contributed by atoms with E-state index in [-0.39, 0.29) is 6.61 Å². The van der Waals surface area contributed by atoms with Crippen molar-refractivity contribution >= 4 is 11.6 Å². The predicted octanol–water partition coefficient (Wildman–Crippen LogP) is 1.33. The molecule has 0 aliphatic heterocycles. The number of benzene rings is 1. The van der Waals surface area contributed by atoms with Gasteiger partial charge in [-0.05, 0) is 6.92 Å². The van der Waals surface area contributed by atoms with Crippen LogP contribution in [0, 0.1) is 21.7 Å². The highest BCUT2D eigenvalue weighted by atomic mass is 19.1. The number of carbonyl (C=O) groups is 1. The Bertz CT molecular complexity index is 522. The highest BCUT2D eigenvalue weighted by Crippen LogP contribution is 2.22. The van der Waals surface area contributed by atoms with Crippen LogP contribution in [0.25, 0.3) is 0 Å². The van der Waals surface area contributed by atoms with Gasteiger partial charge in [0.1, 0.15) is 5.82 Å². The average molecular weight is 274 g/mol. The normalized spacial score (nSPS) is 12.1. The fraction of sp³-hybridized carbons (Fsp3) is 0.364. The smallest absolute Gasteiger partial charge is 0.305 e. The van der Waals surface area contributed by atoms with Crippen LogP contribution < -0.4 is 0 Å². The molecule has 1 aromatic carbocycles. The number of nitro benzene ring substituents is 1. The molecule has 0 saturated heterocycles.